The van der Waals surface area contributed by atoms with Crippen LogP contribution < -0.4 is 5.32 Å². The second kappa shape index (κ2) is 5.90. The van der Waals surface area contributed by atoms with Crippen molar-refractivity contribution < 1.29 is 14.5 Å². The van der Waals surface area contributed by atoms with Crippen molar-refractivity contribution in [1.82, 2.24) is 0 Å². The minimum absolute atomic E-state index is 0.0614. The van der Waals surface area contributed by atoms with Gasteiger partial charge in [-0.1, -0.05) is 35.4 Å². The molecule has 0 unspecified atom stereocenters. The lowest BCUT2D eigenvalue weighted by Gasteiger charge is -2.19. The topological polar surface area (TPSA) is 89.3 Å². The summed E-state index contributed by atoms with van der Waals surface area (Å²) >= 11 is 6.05. The van der Waals surface area contributed by atoms with Gasteiger partial charge in [0.15, 0.2) is 0 Å². The van der Waals surface area contributed by atoms with Crippen LogP contribution in [0.3, 0.4) is 0 Å². The van der Waals surface area contributed by atoms with Gasteiger partial charge in [-0.15, -0.1) is 0 Å². The van der Waals surface area contributed by atoms with Crippen molar-refractivity contribution in [2.45, 2.75) is 6.92 Å². The molecule has 0 saturated heterocycles. The van der Waals surface area contributed by atoms with Gasteiger partial charge in [-0.2, -0.15) is 0 Å². The number of hydrogen-bond acceptors (Lipinski definition) is 5. The number of aryl methyl sites for hydroxylation is 1. The second-order valence-electron chi connectivity index (χ2n) is 5.30. The molecule has 0 heterocycles. The number of nitro groups is 1. The van der Waals surface area contributed by atoms with Crippen molar-refractivity contribution in [3.63, 3.8) is 0 Å². The number of carbonyl (C=O) groups excluding carboxylic acids is 2. The molecule has 120 valence electrons. The predicted octanol–water partition coefficient (Wildman–Crippen LogP) is 3.84. The first-order valence-electron chi connectivity index (χ1n) is 7.00. The lowest BCUT2D eigenvalue weighted by atomic mass is 9.91. The molecule has 0 fully saturated rings. The van der Waals surface area contributed by atoms with Gasteiger partial charge in [0.2, 0.25) is 11.6 Å². The highest BCUT2D eigenvalue weighted by Gasteiger charge is 2.36. The van der Waals surface area contributed by atoms with Crippen molar-refractivity contribution in [3.8, 4) is 0 Å². The molecule has 0 radical (unpaired) electrons. The molecule has 0 aromatic heterocycles. The molecule has 2 aromatic rings. The minimum atomic E-state index is -0.688. The van der Waals surface area contributed by atoms with Crippen molar-refractivity contribution in [3.05, 3.63) is 80.0 Å². The van der Waals surface area contributed by atoms with E-state index in [9.17, 15) is 19.7 Å². The zero-order valence-electron chi connectivity index (χ0n) is 12.5. The molecule has 0 aliphatic heterocycles. The summed E-state index contributed by atoms with van der Waals surface area (Å²) in [6.07, 6.45) is 0. The molecular weight excluding hydrogens is 332 g/mol. The summed E-state index contributed by atoms with van der Waals surface area (Å²) < 4.78 is 0. The van der Waals surface area contributed by atoms with Gasteiger partial charge in [-0.25, -0.2) is 0 Å². The van der Waals surface area contributed by atoms with E-state index >= 15 is 0 Å². The Morgan fingerprint density at radius 3 is 2.33 bits per heavy atom. The number of nitrogens with zero attached hydrogens (tertiary/aromatic N) is 1. The van der Waals surface area contributed by atoms with Gasteiger partial charge in [-0.3, -0.25) is 19.7 Å². The summed E-state index contributed by atoms with van der Waals surface area (Å²) in [5.41, 5.74) is 0.690. The van der Waals surface area contributed by atoms with Crippen molar-refractivity contribution in [1.29, 1.82) is 0 Å². The van der Waals surface area contributed by atoms with E-state index in [2.05, 4.69) is 5.32 Å². The number of hydrogen-bond donors (Lipinski definition) is 1. The number of nitro benzene ring substituents is 1. The zero-order valence-corrected chi connectivity index (χ0v) is 13.3. The summed E-state index contributed by atoms with van der Waals surface area (Å²) in [6.45, 7) is 1.91. The standard InChI is InChI=1S/C17H11ClN2O4/c1-9-5-7-10(8-6-9)19-15-14(18)16(21)11-3-2-4-12(20(23)24)13(11)17(15)22/h2-8,19H,1H3. The summed E-state index contributed by atoms with van der Waals surface area (Å²) in [5.74, 6) is -1.30. The van der Waals surface area contributed by atoms with E-state index in [0.717, 1.165) is 5.56 Å². The van der Waals surface area contributed by atoms with Crippen LogP contribution in [0.2, 0.25) is 0 Å². The van der Waals surface area contributed by atoms with Gasteiger partial charge in [0.25, 0.3) is 5.69 Å². The van der Waals surface area contributed by atoms with E-state index in [1.165, 1.54) is 18.2 Å². The lowest BCUT2D eigenvalue weighted by molar-refractivity contribution is -0.385. The molecule has 6 nitrogen and oxygen atoms in total. The van der Waals surface area contributed by atoms with Crippen molar-refractivity contribution in [2.24, 2.45) is 0 Å². The summed E-state index contributed by atoms with van der Waals surface area (Å²) in [6, 6.07) is 11.0. The predicted molar refractivity (Wildman–Crippen MR) is 89.4 cm³/mol. The van der Waals surface area contributed by atoms with Crippen LogP contribution in [0.15, 0.2) is 53.2 Å². The number of fused-ring (bicyclic) bond motifs is 1. The Hall–Kier alpha value is -2.99. The number of benzene rings is 2. The average molecular weight is 343 g/mol. The average Bonchev–Trinajstić information content (AvgIpc) is 2.57. The summed E-state index contributed by atoms with van der Waals surface area (Å²) in [5, 5.41) is 13.7. The third-order valence-electron chi connectivity index (χ3n) is 3.68. The first kappa shape index (κ1) is 15.9. The molecule has 1 N–H and O–H groups in total. The Balaban J connectivity index is 2.10. The summed E-state index contributed by atoms with van der Waals surface area (Å²) in [7, 11) is 0. The molecule has 0 saturated carbocycles. The zero-order chi connectivity index (χ0) is 17.4. The van der Waals surface area contributed by atoms with Crippen molar-refractivity contribution >= 4 is 34.5 Å². The number of halogens is 1. The number of ketones is 2. The Morgan fingerprint density at radius 2 is 1.71 bits per heavy atom. The highest BCUT2D eigenvalue weighted by atomic mass is 35.5. The molecule has 0 bridgehead atoms. The third kappa shape index (κ3) is 2.57. The number of nitrogens with one attached hydrogen (secondary N) is 1. The maximum absolute atomic E-state index is 12.7. The SMILES string of the molecule is Cc1ccc(NC2=C(Cl)C(=O)c3cccc([N+](=O)[O-])c3C2=O)cc1. The van der Waals surface area contributed by atoms with Crippen LogP contribution in [0.1, 0.15) is 26.3 Å². The van der Waals surface area contributed by atoms with E-state index in [0.29, 0.717) is 5.69 Å². The van der Waals surface area contributed by atoms with E-state index in [4.69, 9.17) is 11.6 Å². The Bertz CT molecular complexity index is 917. The highest BCUT2D eigenvalue weighted by molar-refractivity contribution is 6.50. The highest BCUT2D eigenvalue weighted by Crippen LogP contribution is 2.34. The fourth-order valence-corrected chi connectivity index (χ4v) is 2.70. The van der Waals surface area contributed by atoms with Crippen LogP contribution in [-0.4, -0.2) is 16.5 Å². The maximum Gasteiger partial charge on any atom is 0.281 e. The Labute approximate surface area is 141 Å². The molecule has 3 rings (SSSR count). The third-order valence-corrected chi connectivity index (χ3v) is 4.04. The Kier molecular flexibility index (Phi) is 3.91. The molecule has 0 amide bonds. The fourth-order valence-electron chi connectivity index (χ4n) is 2.47. The van der Waals surface area contributed by atoms with Crippen LogP contribution >= 0.6 is 11.6 Å². The molecule has 2 aromatic carbocycles. The molecule has 0 spiro atoms. The van der Waals surface area contributed by atoms with E-state index < -0.39 is 22.2 Å². The number of carbonyl (C=O) groups is 2. The molecule has 0 atom stereocenters. The monoisotopic (exact) mass is 342 g/mol. The second-order valence-corrected chi connectivity index (χ2v) is 5.67. The van der Waals surface area contributed by atoms with E-state index in [-0.39, 0.29) is 21.9 Å². The van der Waals surface area contributed by atoms with Gasteiger partial charge in [0.05, 0.1) is 4.92 Å². The Morgan fingerprint density at radius 1 is 1.04 bits per heavy atom. The molecule has 1 aliphatic carbocycles. The van der Waals surface area contributed by atoms with Gasteiger partial charge < -0.3 is 5.32 Å². The van der Waals surface area contributed by atoms with Crippen LogP contribution in [0.5, 0.6) is 0 Å². The van der Waals surface area contributed by atoms with Crippen LogP contribution in [0, 0.1) is 17.0 Å². The fraction of sp³-hybridized carbons (Fsp3) is 0.0588. The first-order valence-corrected chi connectivity index (χ1v) is 7.38. The molecule has 1 aliphatic rings. The van der Waals surface area contributed by atoms with E-state index in [1.807, 2.05) is 19.1 Å². The van der Waals surface area contributed by atoms with Crippen LogP contribution in [-0.2, 0) is 0 Å². The van der Waals surface area contributed by atoms with E-state index in [1.54, 1.807) is 12.1 Å². The largest absolute Gasteiger partial charge is 0.351 e. The number of rotatable bonds is 3. The molecule has 7 heteroatoms. The minimum Gasteiger partial charge on any atom is -0.351 e. The number of Topliss-reactive ketones (excluding diaryl/α,β-unsaturated/α-hetero) is 2. The number of anilines is 1. The number of allylic oxidation sites excluding steroid dienone is 2. The smallest absolute Gasteiger partial charge is 0.281 e. The first-order chi connectivity index (χ1) is 11.4. The van der Waals surface area contributed by atoms with Crippen LogP contribution in [0.25, 0.3) is 0 Å². The normalized spacial score (nSPS) is 13.8. The lowest BCUT2D eigenvalue weighted by Crippen LogP contribution is -2.25. The van der Waals surface area contributed by atoms with Gasteiger partial charge in [0.1, 0.15) is 16.3 Å². The maximum atomic E-state index is 12.7. The molecular formula is C17H11ClN2O4. The van der Waals surface area contributed by atoms with Gasteiger partial charge in [-0.05, 0) is 25.1 Å². The van der Waals surface area contributed by atoms with Gasteiger partial charge >= 0.3 is 0 Å². The van der Waals surface area contributed by atoms with Gasteiger partial charge in [0, 0.05) is 17.3 Å². The quantitative estimate of drug-likeness (QED) is 0.676. The van der Waals surface area contributed by atoms with Crippen LogP contribution in [0.4, 0.5) is 11.4 Å². The summed E-state index contributed by atoms with van der Waals surface area (Å²) in [4.78, 5) is 35.6. The van der Waals surface area contributed by atoms with Crippen molar-refractivity contribution in [2.75, 3.05) is 5.32 Å². The molecule has 24 heavy (non-hydrogen) atoms.